The lowest BCUT2D eigenvalue weighted by atomic mass is 10.2. The van der Waals surface area contributed by atoms with E-state index in [4.69, 9.17) is 5.73 Å². The van der Waals surface area contributed by atoms with Crippen LogP contribution in [0.4, 0.5) is 4.79 Å². The molecule has 2 aromatic carbocycles. The van der Waals surface area contributed by atoms with E-state index >= 15 is 0 Å². The Balaban J connectivity index is 2.08. The molecule has 0 saturated heterocycles. The van der Waals surface area contributed by atoms with Crippen molar-refractivity contribution in [3.8, 4) is 0 Å². The number of aromatic nitrogens is 1. The van der Waals surface area contributed by atoms with Crippen molar-refractivity contribution >= 4 is 59.7 Å². The molecule has 0 aliphatic rings. The monoisotopic (exact) mass is 439 g/mol. The number of carbonyl (C=O) groups is 1. The second kappa shape index (κ2) is 6.51. The van der Waals surface area contributed by atoms with Crippen molar-refractivity contribution in [2.45, 2.75) is 12.6 Å². The number of aliphatic hydroxyl groups is 1. The van der Waals surface area contributed by atoms with Crippen LogP contribution in [-0.4, -0.2) is 28.4 Å². The summed E-state index contributed by atoms with van der Waals surface area (Å²) < 4.78 is 4.05. The number of halogens is 2. The Morgan fingerprint density at radius 3 is 2.13 bits per heavy atom. The van der Waals surface area contributed by atoms with Gasteiger partial charge in [-0.3, -0.25) is 0 Å². The number of benzene rings is 2. The van der Waals surface area contributed by atoms with E-state index in [1.807, 2.05) is 24.3 Å². The molecule has 23 heavy (non-hydrogen) atoms. The van der Waals surface area contributed by atoms with Crippen LogP contribution in [0.15, 0.2) is 45.3 Å². The minimum absolute atomic E-state index is 0.115. The molecule has 4 N–H and O–H groups in total. The Kier molecular flexibility index (Phi) is 4.61. The predicted molar refractivity (Wildman–Crippen MR) is 98.4 cm³/mol. The van der Waals surface area contributed by atoms with E-state index < -0.39 is 12.1 Å². The summed E-state index contributed by atoms with van der Waals surface area (Å²) in [5.74, 6) is 0. The topological polar surface area (TPSA) is 80.3 Å². The van der Waals surface area contributed by atoms with Crippen LogP contribution in [0.25, 0.3) is 21.8 Å². The molecule has 1 atom stereocenters. The molecule has 0 radical (unpaired) electrons. The molecular weight excluding hydrogens is 426 g/mol. The summed E-state index contributed by atoms with van der Waals surface area (Å²) >= 11 is 7.01. The standard InChI is InChI=1S/C16H15Br2N3O2/c17-9-1-3-14-12(5-9)13-6-10(18)2-4-15(13)21(14)8-11(22)7-20-16(19)23/h1-6,11,22H,7-8H2,(H3,19,20,23). The molecule has 1 heterocycles. The number of hydrogen-bond acceptors (Lipinski definition) is 2. The summed E-state index contributed by atoms with van der Waals surface area (Å²) in [4.78, 5) is 10.8. The zero-order valence-corrected chi connectivity index (χ0v) is 15.3. The quantitative estimate of drug-likeness (QED) is 0.581. The van der Waals surface area contributed by atoms with Gasteiger partial charge in [0.1, 0.15) is 0 Å². The van der Waals surface area contributed by atoms with E-state index in [1.165, 1.54) is 0 Å². The molecule has 0 aliphatic carbocycles. The molecular formula is C16H15Br2N3O2. The Bertz CT molecular complexity index is 833. The molecule has 120 valence electrons. The van der Waals surface area contributed by atoms with Crippen molar-refractivity contribution < 1.29 is 9.90 Å². The lowest BCUT2D eigenvalue weighted by Gasteiger charge is -2.14. The van der Waals surface area contributed by atoms with Gasteiger partial charge in [-0.05, 0) is 36.4 Å². The summed E-state index contributed by atoms with van der Waals surface area (Å²) in [6.45, 7) is 0.479. The van der Waals surface area contributed by atoms with Gasteiger partial charge in [-0.2, -0.15) is 0 Å². The molecule has 1 aromatic heterocycles. The molecule has 0 aliphatic heterocycles. The van der Waals surface area contributed by atoms with Gasteiger partial charge in [0.15, 0.2) is 0 Å². The van der Waals surface area contributed by atoms with Crippen molar-refractivity contribution in [2.24, 2.45) is 5.73 Å². The highest BCUT2D eigenvalue weighted by atomic mass is 79.9. The van der Waals surface area contributed by atoms with E-state index in [-0.39, 0.29) is 6.54 Å². The van der Waals surface area contributed by atoms with Gasteiger partial charge in [0.05, 0.1) is 12.6 Å². The fourth-order valence-electron chi connectivity index (χ4n) is 2.74. The van der Waals surface area contributed by atoms with Crippen molar-refractivity contribution in [2.75, 3.05) is 6.54 Å². The van der Waals surface area contributed by atoms with E-state index in [0.29, 0.717) is 6.54 Å². The Morgan fingerprint density at radius 1 is 1.13 bits per heavy atom. The number of nitrogens with zero attached hydrogens (tertiary/aromatic N) is 1. The number of nitrogens with two attached hydrogens (primary N) is 1. The first kappa shape index (κ1) is 16.3. The van der Waals surface area contributed by atoms with E-state index in [9.17, 15) is 9.90 Å². The Hall–Kier alpha value is -1.57. The predicted octanol–water partition coefficient (Wildman–Crippen LogP) is 3.35. The number of primary amides is 1. The minimum atomic E-state index is -0.728. The first-order chi connectivity index (χ1) is 11.0. The van der Waals surface area contributed by atoms with Gasteiger partial charge in [0.25, 0.3) is 0 Å². The first-order valence-electron chi connectivity index (χ1n) is 7.04. The van der Waals surface area contributed by atoms with E-state index in [0.717, 1.165) is 30.8 Å². The second-order valence-corrected chi connectivity index (χ2v) is 7.16. The summed E-state index contributed by atoms with van der Waals surface area (Å²) in [5, 5.41) is 14.8. The highest BCUT2D eigenvalue weighted by Crippen LogP contribution is 2.33. The molecule has 3 rings (SSSR count). The maximum Gasteiger partial charge on any atom is 0.312 e. The van der Waals surface area contributed by atoms with Crippen LogP contribution in [0.5, 0.6) is 0 Å². The SMILES string of the molecule is NC(=O)NCC(O)Cn1c2ccc(Br)cc2c2cc(Br)ccc21. The Labute approximate surface area is 149 Å². The van der Waals surface area contributed by atoms with Gasteiger partial charge in [0, 0.05) is 37.3 Å². The minimum Gasteiger partial charge on any atom is -0.389 e. The largest absolute Gasteiger partial charge is 0.389 e. The van der Waals surface area contributed by atoms with Gasteiger partial charge in [-0.15, -0.1) is 0 Å². The third kappa shape index (κ3) is 3.36. The molecule has 1 unspecified atom stereocenters. The molecule has 3 aromatic rings. The second-order valence-electron chi connectivity index (χ2n) is 5.33. The summed E-state index contributed by atoms with van der Waals surface area (Å²) in [6, 6.07) is 11.5. The number of fused-ring (bicyclic) bond motifs is 3. The number of carbonyl (C=O) groups excluding carboxylic acids is 1. The first-order valence-corrected chi connectivity index (χ1v) is 8.62. The highest BCUT2D eigenvalue weighted by molar-refractivity contribution is 9.10. The van der Waals surface area contributed by atoms with Crippen LogP contribution in [0, 0.1) is 0 Å². The number of amides is 2. The number of nitrogens with one attached hydrogen (secondary N) is 1. The zero-order valence-electron chi connectivity index (χ0n) is 12.1. The highest BCUT2D eigenvalue weighted by Gasteiger charge is 2.14. The van der Waals surface area contributed by atoms with Crippen molar-refractivity contribution in [1.82, 2.24) is 9.88 Å². The third-order valence-electron chi connectivity index (χ3n) is 3.69. The molecule has 2 amide bonds. The summed E-state index contributed by atoms with van der Waals surface area (Å²) in [5.41, 5.74) is 7.10. The number of hydrogen-bond donors (Lipinski definition) is 3. The zero-order chi connectivity index (χ0) is 16.6. The maximum atomic E-state index is 10.8. The number of urea groups is 1. The number of rotatable bonds is 4. The van der Waals surface area contributed by atoms with Crippen LogP contribution < -0.4 is 11.1 Å². The normalized spacial score (nSPS) is 12.7. The van der Waals surface area contributed by atoms with Crippen molar-refractivity contribution in [1.29, 1.82) is 0 Å². The van der Waals surface area contributed by atoms with Crippen LogP contribution in [-0.2, 0) is 6.54 Å². The lowest BCUT2D eigenvalue weighted by molar-refractivity contribution is 0.155. The van der Waals surface area contributed by atoms with Crippen molar-refractivity contribution in [3.05, 3.63) is 45.3 Å². The van der Waals surface area contributed by atoms with Crippen LogP contribution in [0.3, 0.4) is 0 Å². The van der Waals surface area contributed by atoms with E-state index in [1.54, 1.807) is 0 Å². The number of aliphatic hydroxyl groups excluding tert-OH is 1. The smallest absolute Gasteiger partial charge is 0.312 e. The third-order valence-corrected chi connectivity index (χ3v) is 4.68. The fourth-order valence-corrected chi connectivity index (χ4v) is 3.46. The van der Waals surface area contributed by atoms with Gasteiger partial charge < -0.3 is 20.7 Å². The van der Waals surface area contributed by atoms with Crippen LogP contribution in [0.2, 0.25) is 0 Å². The maximum absolute atomic E-state index is 10.8. The molecule has 0 bridgehead atoms. The average molecular weight is 441 g/mol. The lowest BCUT2D eigenvalue weighted by Crippen LogP contribution is -2.37. The molecule has 0 fully saturated rings. The fraction of sp³-hybridized carbons (Fsp3) is 0.188. The molecule has 0 spiro atoms. The van der Waals surface area contributed by atoms with Gasteiger partial charge >= 0.3 is 6.03 Å². The van der Waals surface area contributed by atoms with Crippen LogP contribution >= 0.6 is 31.9 Å². The van der Waals surface area contributed by atoms with Crippen LogP contribution in [0.1, 0.15) is 0 Å². The van der Waals surface area contributed by atoms with Gasteiger partial charge in [-0.1, -0.05) is 31.9 Å². The van der Waals surface area contributed by atoms with Gasteiger partial charge in [0.2, 0.25) is 0 Å². The van der Waals surface area contributed by atoms with E-state index in [2.05, 4.69) is 53.9 Å². The van der Waals surface area contributed by atoms with Crippen molar-refractivity contribution in [3.63, 3.8) is 0 Å². The summed E-state index contributed by atoms with van der Waals surface area (Å²) in [6.07, 6.45) is -0.728. The summed E-state index contributed by atoms with van der Waals surface area (Å²) in [7, 11) is 0. The average Bonchev–Trinajstić information content (AvgIpc) is 2.78. The Morgan fingerprint density at radius 2 is 1.65 bits per heavy atom. The molecule has 7 heteroatoms. The molecule has 0 saturated carbocycles. The van der Waals surface area contributed by atoms with Gasteiger partial charge in [-0.25, -0.2) is 4.79 Å². The molecule has 5 nitrogen and oxygen atoms in total.